The summed E-state index contributed by atoms with van der Waals surface area (Å²) in [5.41, 5.74) is 0.589. The van der Waals surface area contributed by atoms with E-state index in [1.54, 1.807) is 17.2 Å². The average Bonchev–Trinajstić information content (AvgIpc) is 3.06. The van der Waals surface area contributed by atoms with Crippen LogP contribution in [0.25, 0.3) is 11.0 Å². The molecule has 0 unspecified atom stereocenters. The van der Waals surface area contributed by atoms with E-state index in [2.05, 4.69) is 9.97 Å². The quantitative estimate of drug-likeness (QED) is 0.441. The van der Waals surface area contributed by atoms with Gasteiger partial charge in [0.15, 0.2) is 0 Å². The van der Waals surface area contributed by atoms with Gasteiger partial charge < -0.3 is 9.64 Å². The number of nitro benzene ring substituents is 1. The van der Waals surface area contributed by atoms with Gasteiger partial charge >= 0.3 is 6.09 Å². The Morgan fingerprint density at radius 1 is 1.41 bits per heavy atom. The molecule has 1 aliphatic heterocycles. The molecule has 0 aliphatic carbocycles. The molecule has 1 fully saturated rings. The fourth-order valence-electron chi connectivity index (χ4n) is 2.92. The fourth-order valence-corrected chi connectivity index (χ4v) is 3.92. The number of aromatic nitrogens is 2. The maximum absolute atomic E-state index is 12.4. The van der Waals surface area contributed by atoms with Crippen LogP contribution in [-0.2, 0) is 4.74 Å². The number of hydrogen-bond donors (Lipinski definition) is 0. The number of nitro groups is 1. The van der Waals surface area contributed by atoms with Crippen LogP contribution in [0.2, 0.25) is 0 Å². The van der Waals surface area contributed by atoms with Gasteiger partial charge in [-0.3, -0.25) is 15.1 Å². The van der Waals surface area contributed by atoms with Crippen molar-refractivity contribution in [1.82, 2.24) is 14.9 Å². The number of carbonyl (C=O) groups excluding carboxylic acids is 1. The van der Waals surface area contributed by atoms with Crippen LogP contribution in [0.4, 0.5) is 10.5 Å². The van der Waals surface area contributed by atoms with Gasteiger partial charge in [0.25, 0.3) is 5.69 Å². The molecule has 144 valence electrons. The van der Waals surface area contributed by atoms with Gasteiger partial charge in [-0.05, 0) is 39.7 Å². The maximum Gasteiger partial charge on any atom is 0.410 e. The number of likely N-dealkylation sites (tertiary alicyclic amines) is 1. The van der Waals surface area contributed by atoms with Crippen molar-refractivity contribution in [2.24, 2.45) is 0 Å². The molecule has 0 saturated carbocycles. The van der Waals surface area contributed by atoms with Gasteiger partial charge in [0.05, 0.1) is 22.2 Å². The SMILES string of the molecule is CC(C)(C)OC(=O)N1CCC[C@H]1CSc1cnc2cc([N+](=O)[O-])ccc2n1. The van der Waals surface area contributed by atoms with E-state index in [4.69, 9.17) is 4.74 Å². The Kier molecular flexibility index (Phi) is 5.50. The molecule has 1 aromatic heterocycles. The second kappa shape index (κ2) is 7.67. The van der Waals surface area contributed by atoms with Crippen molar-refractivity contribution in [3.63, 3.8) is 0 Å². The number of non-ortho nitro benzene ring substituents is 1. The van der Waals surface area contributed by atoms with Crippen LogP contribution >= 0.6 is 11.8 Å². The predicted octanol–water partition coefficient (Wildman–Crippen LogP) is 4.03. The highest BCUT2D eigenvalue weighted by Gasteiger charge is 2.32. The Hall–Kier alpha value is -2.42. The highest BCUT2D eigenvalue weighted by atomic mass is 32.2. The van der Waals surface area contributed by atoms with Crippen molar-refractivity contribution in [2.75, 3.05) is 12.3 Å². The number of benzene rings is 1. The number of nitrogens with zero attached hydrogens (tertiary/aromatic N) is 4. The number of carbonyl (C=O) groups is 1. The smallest absolute Gasteiger partial charge is 0.410 e. The summed E-state index contributed by atoms with van der Waals surface area (Å²) in [6, 6.07) is 4.54. The van der Waals surface area contributed by atoms with Crippen molar-refractivity contribution in [3.05, 3.63) is 34.5 Å². The highest BCUT2D eigenvalue weighted by Crippen LogP contribution is 2.27. The van der Waals surface area contributed by atoms with E-state index in [0.29, 0.717) is 23.3 Å². The van der Waals surface area contributed by atoms with Gasteiger partial charge in [-0.1, -0.05) is 0 Å². The molecule has 0 bridgehead atoms. The zero-order valence-corrected chi connectivity index (χ0v) is 16.4. The Balaban J connectivity index is 1.66. The molecule has 2 heterocycles. The lowest BCUT2D eigenvalue weighted by molar-refractivity contribution is -0.384. The lowest BCUT2D eigenvalue weighted by atomic mass is 10.2. The highest BCUT2D eigenvalue weighted by molar-refractivity contribution is 7.99. The van der Waals surface area contributed by atoms with Gasteiger partial charge in [0.2, 0.25) is 0 Å². The summed E-state index contributed by atoms with van der Waals surface area (Å²) in [4.78, 5) is 33.3. The van der Waals surface area contributed by atoms with Crippen LogP contribution in [0.15, 0.2) is 29.4 Å². The van der Waals surface area contributed by atoms with E-state index in [9.17, 15) is 14.9 Å². The zero-order valence-electron chi connectivity index (χ0n) is 15.5. The van der Waals surface area contributed by atoms with E-state index in [1.165, 1.54) is 23.9 Å². The summed E-state index contributed by atoms with van der Waals surface area (Å²) in [5.74, 6) is 0.701. The number of rotatable bonds is 4. The normalized spacial score (nSPS) is 17.3. The predicted molar refractivity (Wildman–Crippen MR) is 103 cm³/mol. The Labute approximate surface area is 161 Å². The summed E-state index contributed by atoms with van der Waals surface area (Å²) < 4.78 is 5.49. The fraction of sp³-hybridized carbons (Fsp3) is 0.500. The molecule has 1 amide bonds. The van der Waals surface area contributed by atoms with E-state index in [1.807, 2.05) is 20.8 Å². The van der Waals surface area contributed by atoms with Gasteiger partial charge in [0, 0.05) is 30.5 Å². The van der Waals surface area contributed by atoms with Crippen LogP contribution < -0.4 is 0 Å². The van der Waals surface area contributed by atoms with Crippen molar-refractivity contribution >= 4 is 34.6 Å². The van der Waals surface area contributed by atoms with Crippen LogP contribution in [0, 0.1) is 10.1 Å². The monoisotopic (exact) mass is 390 g/mol. The molecule has 8 nitrogen and oxygen atoms in total. The molecular formula is C18H22N4O4S. The lowest BCUT2D eigenvalue weighted by Crippen LogP contribution is -2.40. The summed E-state index contributed by atoms with van der Waals surface area (Å²) >= 11 is 1.53. The second-order valence-corrected chi connectivity index (χ2v) is 8.46. The third-order valence-corrected chi connectivity index (χ3v) is 5.19. The standard InChI is InChI=1S/C18H22N4O4S/c1-18(2,3)26-17(23)21-8-4-5-13(21)11-27-16-10-19-15-9-12(22(24)25)6-7-14(15)20-16/h6-7,9-10,13H,4-5,8,11H2,1-3H3/t13-/m0/s1. The number of thioether (sulfide) groups is 1. The number of amides is 1. The minimum atomic E-state index is -0.510. The molecule has 0 N–H and O–H groups in total. The van der Waals surface area contributed by atoms with E-state index < -0.39 is 10.5 Å². The maximum atomic E-state index is 12.4. The number of hydrogen-bond acceptors (Lipinski definition) is 7. The van der Waals surface area contributed by atoms with Gasteiger partial charge in [-0.25, -0.2) is 9.78 Å². The Morgan fingerprint density at radius 3 is 2.89 bits per heavy atom. The van der Waals surface area contributed by atoms with Crippen LogP contribution in [0.1, 0.15) is 33.6 Å². The molecule has 1 aromatic carbocycles. The van der Waals surface area contributed by atoms with Gasteiger partial charge in [0.1, 0.15) is 10.6 Å². The minimum Gasteiger partial charge on any atom is -0.444 e. The third kappa shape index (κ3) is 4.85. The molecule has 0 radical (unpaired) electrons. The van der Waals surface area contributed by atoms with E-state index >= 15 is 0 Å². The van der Waals surface area contributed by atoms with E-state index in [0.717, 1.165) is 17.9 Å². The molecule has 2 aromatic rings. The third-order valence-electron chi connectivity index (χ3n) is 4.14. The first kappa shape index (κ1) is 19.3. The zero-order chi connectivity index (χ0) is 19.6. The molecule has 0 spiro atoms. The van der Waals surface area contributed by atoms with Crippen molar-refractivity contribution in [1.29, 1.82) is 0 Å². The van der Waals surface area contributed by atoms with Crippen molar-refractivity contribution in [3.8, 4) is 0 Å². The van der Waals surface area contributed by atoms with Crippen LogP contribution in [0.5, 0.6) is 0 Å². The molecule has 1 saturated heterocycles. The Morgan fingerprint density at radius 2 is 2.19 bits per heavy atom. The summed E-state index contributed by atoms with van der Waals surface area (Å²) in [7, 11) is 0. The lowest BCUT2D eigenvalue weighted by Gasteiger charge is -2.28. The summed E-state index contributed by atoms with van der Waals surface area (Å²) in [5, 5.41) is 11.6. The molecule has 27 heavy (non-hydrogen) atoms. The first-order valence-corrected chi connectivity index (χ1v) is 9.75. The summed E-state index contributed by atoms with van der Waals surface area (Å²) in [6.45, 7) is 6.28. The Bertz CT molecular complexity index is 868. The van der Waals surface area contributed by atoms with Crippen molar-refractivity contribution in [2.45, 2.75) is 50.3 Å². The summed E-state index contributed by atoms with van der Waals surface area (Å²) in [6.07, 6.45) is 3.23. The molecular weight excluding hydrogens is 368 g/mol. The number of ether oxygens (including phenoxy) is 1. The van der Waals surface area contributed by atoms with Gasteiger partial charge in [-0.15, -0.1) is 11.8 Å². The first-order chi connectivity index (χ1) is 12.7. The topological polar surface area (TPSA) is 98.5 Å². The number of fused-ring (bicyclic) bond motifs is 1. The first-order valence-electron chi connectivity index (χ1n) is 8.76. The van der Waals surface area contributed by atoms with Crippen molar-refractivity contribution < 1.29 is 14.5 Å². The minimum absolute atomic E-state index is 0.00355. The largest absolute Gasteiger partial charge is 0.444 e. The molecule has 9 heteroatoms. The van der Waals surface area contributed by atoms with E-state index in [-0.39, 0.29) is 17.8 Å². The van der Waals surface area contributed by atoms with Crippen LogP contribution in [-0.4, -0.2) is 49.8 Å². The molecule has 1 atom stereocenters. The van der Waals surface area contributed by atoms with Gasteiger partial charge in [-0.2, -0.15) is 0 Å². The van der Waals surface area contributed by atoms with Crippen LogP contribution in [0.3, 0.4) is 0 Å². The molecule has 3 rings (SSSR count). The average molecular weight is 390 g/mol. The second-order valence-electron chi connectivity index (χ2n) is 7.42. The molecule has 1 aliphatic rings.